The first-order valence-corrected chi connectivity index (χ1v) is 11.2. The summed E-state index contributed by atoms with van der Waals surface area (Å²) in [6, 6.07) is 15.3. The van der Waals surface area contributed by atoms with Crippen LogP contribution in [-0.2, 0) is 28.7 Å². The third kappa shape index (κ3) is 9.79. The number of rotatable bonds is 9. The van der Waals surface area contributed by atoms with E-state index in [4.69, 9.17) is 11.6 Å². The van der Waals surface area contributed by atoms with E-state index in [2.05, 4.69) is 20.3 Å². The lowest BCUT2D eigenvalue weighted by atomic mass is 10.1. The molecule has 0 atom stereocenters. The molecule has 3 N–H and O–H groups in total. The number of benzene rings is 2. The van der Waals surface area contributed by atoms with Crippen molar-refractivity contribution in [3.05, 3.63) is 70.2 Å². The first-order valence-electron chi connectivity index (χ1n) is 9.17. The molecule has 0 saturated heterocycles. The molecule has 2 aromatic rings. The highest BCUT2D eigenvalue weighted by Gasteiger charge is 2.08. The van der Waals surface area contributed by atoms with Gasteiger partial charge in [-0.3, -0.25) is 0 Å². The van der Waals surface area contributed by atoms with Gasteiger partial charge in [-0.2, -0.15) is 0 Å². The predicted molar refractivity (Wildman–Crippen MR) is 132 cm³/mol. The molecule has 0 radical (unpaired) electrons. The lowest BCUT2D eigenvalue weighted by Gasteiger charge is -2.11. The maximum atomic E-state index is 11.6. The summed E-state index contributed by atoms with van der Waals surface area (Å²) in [7, 11) is -1.84. The second-order valence-electron chi connectivity index (χ2n) is 6.28. The standard InChI is InChI=1S/C20H27ClN4O2S.HI/c1-3-23-20(24-12-11-16-5-4-6-19(21)13-16)25-14-17-7-9-18(10-8-17)15-28(26,27)22-2;/h4-10,13,22H,3,11-12,14-15H2,1-2H3,(H2,23,24,25);1H. The summed E-state index contributed by atoms with van der Waals surface area (Å²) >= 11 is 6.02. The Morgan fingerprint density at radius 3 is 2.34 bits per heavy atom. The molecule has 0 fully saturated rings. The summed E-state index contributed by atoms with van der Waals surface area (Å²) in [5.41, 5.74) is 2.93. The van der Waals surface area contributed by atoms with Crippen molar-refractivity contribution in [1.82, 2.24) is 15.4 Å². The minimum Gasteiger partial charge on any atom is -0.357 e. The average Bonchev–Trinajstić information content (AvgIpc) is 2.67. The number of hydrogen-bond donors (Lipinski definition) is 3. The molecule has 0 heterocycles. The van der Waals surface area contributed by atoms with Crippen LogP contribution in [0.1, 0.15) is 23.6 Å². The van der Waals surface area contributed by atoms with Gasteiger partial charge in [-0.25, -0.2) is 18.1 Å². The van der Waals surface area contributed by atoms with E-state index in [9.17, 15) is 8.42 Å². The van der Waals surface area contributed by atoms with E-state index in [-0.39, 0.29) is 29.7 Å². The van der Waals surface area contributed by atoms with Gasteiger partial charge in [0.1, 0.15) is 0 Å². The minimum atomic E-state index is -3.26. The highest BCUT2D eigenvalue weighted by atomic mass is 127. The zero-order chi connectivity index (χ0) is 20.4. The maximum absolute atomic E-state index is 11.6. The molecule has 0 amide bonds. The molecule has 0 aromatic heterocycles. The zero-order valence-corrected chi connectivity index (χ0v) is 20.5. The van der Waals surface area contributed by atoms with Crippen LogP contribution in [-0.4, -0.2) is 34.5 Å². The van der Waals surface area contributed by atoms with Gasteiger partial charge in [-0.05, 0) is 49.2 Å². The van der Waals surface area contributed by atoms with Crippen LogP contribution in [0.15, 0.2) is 53.5 Å². The molecule has 2 rings (SSSR count). The minimum absolute atomic E-state index is 0. The Morgan fingerprint density at radius 1 is 1.03 bits per heavy atom. The van der Waals surface area contributed by atoms with Crippen LogP contribution in [0.25, 0.3) is 0 Å². The smallest absolute Gasteiger partial charge is 0.215 e. The van der Waals surface area contributed by atoms with Crippen molar-refractivity contribution in [3.8, 4) is 0 Å². The fraction of sp³-hybridized carbons (Fsp3) is 0.350. The van der Waals surface area contributed by atoms with E-state index in [1.54, 1.807) is 0 Å². The Balaban J connectivity index is 0.00000420. The number of halogens is 2. The summed E-state index contributed by atoms with van der Waals surface area (Å²) in [5.74, 6) is 0.715. The largest absolute Gasteiger partial charge is 0.357 e. The second kappa shape index (κ2) is 13.0. The summed E-state index contributed by atoms with van der Waals surface area (Å²) in [5, 5.41) is 7.28. The Labute approximate surface area is 195 Å². The number of aliphatic imine (C=N–C) groups is 1. The van der Waals surface area contributed by atoms with Crippen molar-refractivity contribution < 1.29 is 8.42 Å². The second-order valence-corrected chi connectivity index (χ2v) is 8.64. The van der Waals surface area contributed by atoms with Crippen molar-refractivity contribution in [2.24, 2.45) is 4.99 Å². The van der Waals surface area contributed by atoms with Gasteiger partial charge in [-0.15, -0.1) is 24.0 Å². The van der Waals surface area contributed by atoms with Crippen LogP contribution in [0.3, 0.4) is 0 Å². The van der Waals surface area contributed by atoms with Crippen LogP contribution in [0.2, 0.25) is 5.02 Å². The first-order chi connectivity index (χ1) is 13.4. The van der Waals surface area contributed by atoms with Crippen LogP contribution in [0.4, 0.5) is 0 Å². The van der Waals surface area contributed by atoms with Crippen molar-refractivity contribution in [2.45, 2.75) is 25.6 Å². The molecule has 0 saturated carbocycles. The van der Waals surface area contributed by atoms with Crippen molar-refractivity contribution >= 4 is 51.6 Å². The van der Waals surface area contributed by atoms with Gasteiger partial charge < -0.3 is 10.6 Å². The van der Waals surface area contributed by atoms with Gasteiger partial charge in [0.05, 0.1) is 12.3 Å². The number of sulfonamides is 1. The highest BCUT2D eigenvalue weighted by Crippen LogP contribution is 2.11. The van der Waals surface area contributed by atoms with Gasteiger partial charge in [0, 0.05) is 18.1 Å². The molecule has 0 bridgehead atoms. The number of nitrogens with one attached hydrogen (secondary N) is 3. The van der Waals surface area contributed by atoms with Crippen LogP contribution in [0, 0.1) is 0 Å². The van der Waals surface area contributed by atoms with Crippen LogP contribution < -0.4 is 15.4 Å². The topological polar surface area (TPSA) is 82.6 Å². The van der Waals surface area contributed by atoms with Gasteiger partial charge in [0.15, 0.2) is 5.96 Å². The fourth-order valence-corrected chi connectivity index (χ4v) is 3.55. The fourth-order valence-electron chi connectivity index (χ4n) is 2.56. The SMILES string of the molecule is CCNC(=NCc1ccc(CS(=O)(=O)NC)cc1)NCCc1cccc(Cl)c1.I. The zero-order valence-electron chi connectivity index (χ0n) is 16.6. The molecule has 0 spiro atoms. The lowest BCUT2D eigenvalue weighted by molar-refractivity contribution is 0.587. The van der Waals surface area contributed by atoms with E-state index in [0.717, 1.165) is 41.6 Å². The number of nitrogens with zero attached hydrogens (tertiary/aromatic N) is 1. The summed E-state index contributed by atoms with van der Waals surface area (Å²) < 4.78 is 25.5. The molecule has 0 unspecified atom stereocenters. The van der Waals surface area contributed by atoms with Gasteiger partial charge in [-0.1, -0.05) is 48.0 Å². The summed E-state index contributed by atoms with van der Waals surface area (Å²) in [4.78, 5) is 4.59. The molecule has 160 valence electrons. The van der Waals surface area contributed by atoms with Crippen molar-refractivity contribution in [3.63, 3.8) is 0 Å². The normalized spacial score (nSPS) is 11.6. The highest BCUT2D eigenvalue weighted by molar-refractivity contribution is 14.0. The van der Waals surface area contributed by atoms with E-state index in [1.165, 1.54) is 12.6 Å². The van der Waals surface area contributed by atoms with Crippen LogP contribution >= 0.6 is 35.6 Å². The average molecular weight is 551 g/mol. The first kappa shape index (κ1) is 25.7. The Bertz CT molecular complexity index is 890. The number of guanidine groups is 1. The van der Waals surface area contributed by atoms with Crippen molar-refractivity contribution in [1.29, 1.82) is 0 Å². The summed E-state index contributed by atoms with van der Waals surface area (Å²) in [6.45, 7) is 4.04. The molecule has 0 aliphatic carbocycles. The van der Waals surface area contributed by atoms with Crippen molar-refractivity contribution in [2.75, 3.05) is 20.1 Å². The lowest BCUT2D eigenvalue weighted by Crippen LogP contribution is -2.38. The third-order valence-corrected chi connectivity index (χ3v) is 5.62. The molecule has 9 heteroatoms. The molecule has 0 aliphatic rings. The van der Waals surface area contributed by atoms with Gasteiger partial charge in [0.2, 0.25) is 10.0 Å². The van der Waals surface area contributed by atoms with Gasteiger partial charge >= 0.3 is 0 Å². The quantitative estimate of drug-likeness (QED) is 0.254. The molecule has 6 nitrogen and oxygen atoms in total. The van der Waals surface area contributed by atoms with Crippen LogP contribution in [0.5, 0.6) is 0 Å². The Morgan fingerprint density at radius 2 is 1.72 bits per heavy atom. The molecule has 29 heavy (non-hydrogen) atoms. The van der Waals surface area contributed by atoms with E-state index in [0.29, 0.717) is 6.54 Å². The van der Waals surface area contributed by atoms with E-state index in [1.807, 2.05) is 55.5 Å². The Kier molecular flexibility index (Phi) is 11.6. The van der Waals surface area contributed by atoms with E-state index >= 15 is 0 Å². The molecular weight excluding hydrogens is 523 g/mol. The summed E-state index contributed by atoms with van der Waals surface area (Å²) in [6.07, 6.45) is 0.847. The molecule has 2 aromatic carbocycles. The third-order valence-electron chi connectivity index (χ3n) is 4.05. The predicted octanol–water partition coefficient (Wildman–Crippen LogP) is 3.31. The maximum Gasteiger partial charge on any atom is 0.215 e. The monoisotopic (exact) mass is 550 g/mol. The number of hydrogen-bond acceptors (Lipinski definition) is 3. The molecule has 0 aliphatic heterocycles. The van der Waals surface area contributed by atoms with Gasteiger partial charge in [0.25, 0.3) is 0 Å². The van der Waals surface area contributed by atoms with E-state index < -0.39 is 10.0 Å². The Hall–Kier alpha value is -1.36. The molecular formula is C20H28ClIN4O2S.